The van der Waals surface area contributed by atoms with Gasteiger partial charge in [0.15, 0.2) is 0 Å². The van der Waals surface area contributed by atoms with E-state index in [0.29, 0.717) is 0 Å². The average molecular weight is 365 g/mol. The van der Waals surface area contributed by atoms with Gasteiger partial charge in [0.05, 0.1) is 17.7 Å². The number of hydrogen-bond acceptors (Lipinski definition) is 3. The van der Waals surface area contributed by atoms with Crippen molar-refractivity contribution in [1.82, 2.24) is 4.98 Å². The quantitative estimate of drug-likeness (QED) is 0.821. The largest absolute Gasteiger partial charge is 0.573 e. The number of carboxylic acids is 1. The summed E-state index contributed by atoms with van der Waals surface area (Å²) >= 11 is 0. The van der Waals surface area contributed by atoms with E-state index < -0.39 is 47.5 Å². The fourth-order valence-corrected chi connectivity index (χ4v) is 2.19. The molecule has 1 aromatic carbocycles. The predicted molar refractivity (Wildman–Crippen MR) is 72.7 cm³/mol. The molecule has 0 radical (unpaired) electrons. The molecule has 1 N–H and O–H groups in total. The Labute approximate surface area is 136 Å². The van der Waals surface area contributed by atoms with Crippen LogP contribution in [0.5, 0.6) is 5.75 Å². The number of halogens is 6. The number of pyridine rings is 1. The summed E-state index contributed by atoms with van der Waals surface area (Å²) in [4.78, 5) is 14.3. The predicted octanol–water partition coefficient (Wildman–Crippen LogP) is 4.29. The first-order valence-corrected chi connectivity index (χ1v) is 6.60. The lowest BCUT2D eigenvalue weighted by Crippen LogP contribution is -2.17. The van der Waals surface area contributed by atoms with Gasteiger partial charge in [-0.25, -0.2) is 0 Å². The second kappa shape index (κ2) is 6.61. The van der Waals surface area contributed by atoms with E-state index in [4.69, 9.17) is 5.11 Å². The highest BCUT2D eigenvalue weighted by Gasteiger charge is 2.38. The molecule has 0 aliphatic heterocycles. The highest BCUT2D eigenvalue weighted by molar-refractivity contribution is 5.74. The summed E-state index contributed by atoms with van der Waals surface area (Å²) < 4.78 is 80.6. The van der Waals surface area contributed by atoms with E-state index in [1.807, 2.05) is 0 Å². The van der Waals surface area contributed by atoms with Crippen molar-refractivity contribution in [1.29, 1.82) is 0 Å². The number of ether oxygens (including phenoxy) is 1. The van der Waals surface area contributed by atoms with Gasteiger partial charge in [0, 0.05) is 11.8 Å². The van der Waals surface area contributed by atoms with Crippen molar-refractivity contribution < 1.29 is 41.0 Å². The number of aliphatic carboxylic acids is 1. The van der Waals surface area contributed by atoms with Gasteiger partial charge in [0.2, 0.25) is 0 Å². The molecule has 1 aromatic heterocycles. The van der Waals surface area contributed by atoms with Gasteiger partial charge in [0.1, 0.15) is 5.75 Å². The van der Waals surface area contributed by atoms with Gasteiger partial charge in [-0.3, -0.25) is 9.78 Å². The third kappa shape index (κ3) is 4.85. The van der Waals surface area contributed by atoms with E-state index in [9.17, 15) is 31.1 Å². The van der Waals surface area contributed by atoms with Gasteiger partial charge in [-0.15, -0.1) is 13.2 Å². The zero-order chi connectivity index (χ0) is 18.8. The summed E-state index contributed by atoms with van der Waals surface area (Å²) in [6.45, 7) is 0. The number of alkyl halides is 6. The minimum Gasteiger partial charge on any atom is -0.481 e. The summed E-state index contributed by atoms with van der Waals surface area (Å²) in [5.41, 5.74) is -2.84. The van der Waals surface area contributed by atoms with Crippen LogP contribution in [0.2, 0.25) is 0 Å². The van der Waals surface area contributed by atoms with Crippen molar-refractivity contribution in [2.24, 2.45) is 0 Å². The summed E-state index contributed by atoms with van der Waals surface area (Å²) in [5.74, 6) is -2.21. The number of benzene rings is 1. The number of aromatic nitrogens is 1. The molecule has 0 spiro atoms. The number of carbonyl (C=O) groups is 1. The maximum atomic E-state index is 13.4. The van der Waals surface area contributed by atoms with Crippen LogP contribution in [0.4, 0.5) is 26.3 Å². The summed E-state index contributed by atoms with van der Waals surface area (Å²) in [5, 5.41) is 8.76. The van der Waals surface area contributed by atoms with Gasteiger partial charge in [-0.05, 0) is 23.8 Å². The van der Waals surface area contributed by atoms with Crippen LogP contribution in [0.15, 0.2) is 36.5 Å². The van der Waals surface area contributed by atoms with Gasteiger partial charge in [-0.2, -0.15) is 13.2 Å². The molecule has 0 saturated carbocycles. The Morgan fingerprint density at radius 3 is 2.36 bits per heavy atom. The minimum atomic E-state index is -5.01. The molecular weight excluding hydrogens is 356 g/mol. The van der Waals surface area contributed by atoms with Gasteiger partial charge in [0.25, 0.3) is 0 Å². The van der Waals surface area contributed by atoms with Gasteiger partial charge >= 0.3 is 18.5 Å². The molecule has 0 fully saturated rings. The fraction of sp³-hybridized carbons (Fsp3) is 0.200. The van der Waals surface area contributed by atoms with Crippen LogP contribution in [0.1, 0.15) is 11.1 Å². The van der Waals surface area contributed by atoms with Crippen molar-refractivity contribution in [3.8, 4) is 17.0 Å². The lowest BCUT2D eigenvalue weighted by Gasteiger charge is -2.16. The molecule has 0 bridgehead atoms. The van der Waals surface area contributed by atoms with E-state index in [-0.39, 0.29) is 5.56 Å². The molecule has 0 aliphatic carbocycles. The van der Waals surface area contributed by atoms with Gasteiger partial charge in [-0.1, -0.05) is 12.1 Å². The fourth-order valence-electron chi connectivity index (χ4n) is 2.19. The Kier molecular flexibility index (Phi) is 4.91. The van der Waals surface area contributed by atoms with E-state index >= 15 is 0 Å². The second-order valence-electron chi connectivity index (χ2n) is 4.84. The van der Waals surface area contributed by atoms with E-state index in [1.165, 1.54) is 0 Å². The van der Waals surface area contributed by atoms with E-state index in [0.717, 1.165) is 36.5 Å². The van der Waals surface area contributed by atoms with Crippen LogP contribution >= 0.6 is 0 Å². The Morgan fingerprint density at radius 1 is 1.12 bits per heavy atom. The number of carboxylic acid groups (broad SMARTS) is 1. The van der Waals surface area contributed by atoms with Crippen LogP contribution in [0.3, 0.4) is 0 Å². The number of hydrogen-bond donors (Lipinski definition) is 1. The maximum Gasteiger partial charge on any atom is 0.573 e. The van der Waals surface area contributed by atoms with Crippen molar-refractivity contribution in [3.05, 3.63) is 47.7 Å². The van der Waals surface area contributed by atoms with E-state index in [2.05, 4.69) is 9.72 Å². The molecule has 25 heavy (non-hydrogen) atoms. The SMILES string of the molecule is O=C(O)Cc1ccnc(-c2cccc(OC(F)(F)F)c2)c1C(F)(F)F. The molecule has 0 saturated heterocycles. The van der Waals surface area contributed by atoms with Crippen molar-refractivity contribution >= 4 is 5.97 Å². The zero-order valence-corrected chi connectivity index (χ0v) is 12.1. The molecule has 2 rings (SSSR count). The minimum absolute atomic E-state index is 0.290. The Bertz CT molecular complexity index is 786. The first kappa shape index (κ1) is 18.6. The third-order valence-corrected chi connectivity index (χ3v) is 3.00. The molecule has 0 amide bonds. The lowest BCUT2D eigenvalue weighted by molar-refractivity contribution is -0.274. The van der Waals surface area contributed by atoms with Crippen molar-refractivity contribution in [2.75, 3.05) is 0 Å². The number of nitrogens with zero attached hydrogens (tertiary/aromatic N) is 1. The molecule has 4 nitrogen and oxygen atoms in total. The molecule has 0 atom stereocenters. The summed E-state index contributed by atoms with van der Waals surface area (Å²) in [7, 11) is 0. The Morgan fingerprint density at radius 2 is 1.80 bits per heavy atom. The Balaban J connectivity index is 2.59. The monoisotopic (exact) mass is 365 g/mol. The topological polar surface area (TPSA) is 59.4 Å². The maximum absolute atomic E-state index is 13.4. The van der Waals surface area contributed by atoms with Crippen molar-refractivity contribution in [2.45, 2.75) is 19.0 Å². The smallest absolute Gasteiger partial charge is 0.481 e. The van der Waals surface area contributed by atoms with Crippen LogP contribution in [-0.2, 0) is 17.4 Å². The Hall–Kier alpha value is -2.78. The lowest BCUT2D eigenvalue weighted by atomic mass is 9.98. The molecule has 0 aliphatic rings. The van der Waals surface area contributed by atoms with E-state index in [1.54, 1.807) is 0 Å². The highest BCUT2D eigenvalue weighted by Crippen LogP contribution is 2.39. The molecule has 0 unspecified atom stereocenters. The normalized spacial score (nSPS) is 12.1. The van der Waals surface area contributed by atoms with Crippen molar-refractivity contribution in [3.63, 3.8) is 0 Å². The van der Waals surface area contributed by atoms with Crippen LogP contribution in [0.25, 0.3) is 11.3 Å². The van der Waals surface area contributed by atoms with Crippen LogP contribution in [-0.4, -0.2) is 22.4 Å². The third-order valence-electron chi connectivity index (χ3n) is 3.00. The molecule has 134 valence electrons. The first-order chi connectivity index (χ1) is 11.5. The van der Waals surface area contributed by atoms with Gasteiger partial charge < -0.3 is 9.84 Å². The number of rotatable bonds is 4. The van der Waals surface area contributed by atoms with Crippen LogP contribution in [0, 0.1) is 0 Å². The average Bonchev–Trinajstić information content (AvgIpc) is 2.43. The second-order valence-corrected chi connectivity index (χ2v) is 4.84. The molecular formula is C15H9F6NO3. The molecule has 2 aromatic rings. The van der Waals surface area contributed by atoms with Crippen LogP contribution < -0.4 is 4.74 Å². The highest BCUT2D eigenvalue weighted by atomic mass is 19.4. The first-order valence-electron chi connectivity index (χ1n) is 6.60. The summed E-state index contributed by atoms with van der Waals surface area (Å²) in [6.07, 6.45) is -9.91. The molecule has 10 heteroatoms. The zero-order valence-electron chi connectivity index (χ0n) is 12.1. The summed E-state index contributed by atoms with van der Waals surface area (Å²) in [6, 6.07) is 4.75. The standard InChI is InChI=1S/C15H9F6NO3/c16-14(17,18)12-8(7-11(23)24)4-5-22-13(12)9-2-1-3-10(6-9)25-15(19,20)21/h1-6H,7H2,(H,23,24). The molecule has 1 heterocycles.